The van der Waals surface area contributed by atoms with E-state index in [1.54, 1.807) is 0 Å². The first-order valence-corrected chi connectivity index (χ1v) is 6.45. The third kappa shape index (κ3) is 5.55. The highest BCUT2D eigenvalue weighted by molar-refractivity contribution is 7.99. The molecule has 0 aromatic heterocycles. The zero-order chi connectivity index (χ0) is 9.36. The lowest BCUT2D eigenvalue weighted by molar-refractivity contribution is 0.136. The fraction of sp³-hybridized carbons (Fsp3) is 1.00. The van der Waals surface area contributed by atoms with Gasteiger partial charge in [-0.25, -0.2) is 0 Å². The van der Waals surface area contributed by atoms with Crippen molar-refractivity contribution in [3.8, 4) is 0 Å². The van der Waals surface area contributed by atoms with Crippen molar-refractivity contribution < 1.29 is 4.74 Å². The van der Waals surface area contributed by atoms with Crippen LogP contribution in [0.25, 0.3) is 0 Å². The molecule has 2 nitrogen and oxygen atoms in total. The first kappa shape index (κ1) is 11.3. The molecule has 13 heavy (non-hydrogen) atoms. The van der Waals surface area contributed by atoms with Crippen LogP contribution in [-0.2, 0) is 4.74 Å². The summed E-state index contributed by atoms with van der Waals surface area (Å²) < 4.78 is 5.38. The molecule has 0 aliphatic carbocycles. The minimum absolute atomic E-state index is 0.869. The van der Waals surface area contributed by atoms with Crippen molar-refractivity contribution in [2.45, 2.75) is 19.8 Å². The van der Waals surface area contributed by atoms with Crippen LogP contribution in [0.3, 0.4) is 0 Å². The molecule has 0 saturated carbocycles. The normalized spacial score (nSPS) is 22.4. The molecular weight excluding hydrogens is 182 g/mol. The van der Waals surface area contributed by atoms with Gasteiger partial charge in [0.15, 0.2) is 0 Å². The largest absolute Gasteiger partial charge is 0.380 e. The van der Waals surface area contributed by atoms with Gasteiger partial charge in [-0.2, -0.15) is 11.8 Å². The van der Waals surface area contributed by atoms with Crippen molar-refractivity contribution in [3.05, 3.63) is 0 Å². The molecule has 1 unspecified atom stereocenters. The Morgan fingerprint density at radius 2 is 2.38 bits per heavy atom. The Bertz CT molecular complexity index is 115. The lowest BCUT2D eigenvalue weighted by atomic mass is 10.1. The molecule has 1 fully saturated rings. The van der Waals surface area contributed by atoms with Crippen LogP contribution in [0.5, 0.6) is 0 Å². The van der Waals surface area contributed by atoms with E-state index in [0.717, 1.165) is 32.1 Å². The number of nitrogens with one attached hydrogen (secondary N) is 1. The van der Waals surface area contributed by atoms with Crippen LogP contribution >= 0.6 is 11.8 Å². The van der Waals surface area contributed by atoms with E-state index >= 15 is 0 Å². The van der Waals surface area contributed by atoms with Crippen molar-refractivity contribution in [3.63, 3.8) is 0 Å². The van der Waals surface area contributed by atoms with Gasteiger partial charge < -0.3 is 10.1 Å². The van der Waals surface area contributed by atoms with Crippen molar-refractivity contribution in [2.75, 3.05) is 37.8 Å². The van der Waals surface area contributed by atoms with Gasteiger partial charge in [0.25, 0.3) is 0 Å². The number of thioether (sulfide) groups is 1. The van der Waals surface area contributed by atoms with Gasteiger partial charge in [0.2, 0.25) is 0 Å². The topological polar surface area (TPSA) is 21.3 Å². The van der Waals surface area contributed by atoms with Gasteiger partial charge in [-0.1, -0.05) is 6.92 Å². The highest BCUT2D eigenvalue weighted by Gasteiger charge is 2.13. The maximum Gasteiger partial charge on any atom is 0.0590 e. The third-order valence-corrected chi connectivity index (χ3v) is 3.46. The molecule has 0 spiro atoms. The summed E-state index contributed by atoms with van der Waals surface area (Å²) in [6.45, 7) is 6.11. The highest BCUT2D eigenvalue weighted by Crippen LogP contribution is 2.22. The molecule has 0 aromatic carbocycles. The van der Waals surface area contributed by atoms with E-state index in [-0.39, 0.29) is 0 Å². The molecule has 1 saturated heterocycles. The van der Waals surface area contributed by atoms with Gasteiger partial charge in [-0.05, 0) is 36.8 Å². The molecule has 0 bridgehead atoms. The van der Waals surface area contributed by atoms with Crippen LogP contribution < -0.4 is 5.32 Å². The summed E-state index contributed by atoms with van der Waals surface area (Å²) in [5.41, 5.74) is 0. The second kappa shape index (κ2) is 7.65. The van der Waals surface area contributed by atoms with E-state index in [1.807, 2.05) is 0 Å². The van der Waals surface area contributed by atoms with E-state index in [1.165, 1.54) is 24.5 Å². The van der Waals surface area contributed by atoms with Crippen LogP contribution in [0.1, 0.15) is 19.8 Å². The molecule has 0 aromatic rings. The maximum absolute atomic E-state index is 5.38. The second-order valence-electron chi connectivity index (χ2n) is 3.55. The fourth-order valence-electron chi connectivity index (χ4n) is 1.44. The maximum atomic E-state index is 5.38. The zero-order valence-electron chi connectivity index (χ0n) is 8.55. The van der Waals surface area contributed by atoms with E-state index in [9.17, 15) is 0 Å². The zero-order valence-corrected chi connectivity index (χ0v) is 9.37. The summed E-state index contributed by atoms with van der Waals surface area (Å²) >= 11 is 2.08. The summed E-state index contributed by atoms with van der Waals surface area (Å²) in [5, 5.41) is 3.45. The van der Waals surface area contributed by atoms with Gasteiger partial charge >= 0.3 is 0 Å². The Hall–Kier alpha value is 0.270. The number of rotatable bonds is 7. The molecular formula is C10H21NOS. The molecule has 1 heterocycles. The number of hydrogen-bond acceptors (Lipinski definition) is 3. The van der Waals surface area contributed by atoms with Gasteiger partial charge in [0, 0.05) is 13.2 Å². The highest BCUT2D eigenvalue weighted by atomic mass is 32.2. The Kier molecular flexibility index (Phi) is 6.68. The van der Waals surface area contributed by atoms with Crippen LogP contribution in [0.15, 0.2) is 0 Å². The molecule has 78 valence electrons. The van der Waals surface area contributed by atoms with Gasteiger partial charge in [-0.15, -0.1) is 0 Å². The van der Waals surface area contributed by atoms with Crippen molar-refractivity contribution in [2.24, 2.45) is 5.92 Å². The van der Waals surface area contributed by atoms with Crippen LogP contribution in [0.2, 0.25) is 0 Å². The summed E-state index contributed by atoms with van der Waals surface area (Å²) in [6.07, 6.45) is 2.52. The number of ether oxygens (including phenoxy) is 1. The Morgan fingerprint density at radius 1 is 1.46 bits per heavy atom. The predicted molar refractivity (Wildman–Crippen MR) is 59.4 cm³/mol. The van der Waals surface area contributed by atoms with Crippen molar-refractivity contribution in [1.29, 1.82) is 0 Å². The molecule has 0 radical (unpaired) electrons. The molecule has 1 N–H and O–H groups in total. The summed E-state index contributed by atoms with van der Waals surface area (Å²) in [4.78, 5) is 0. The molecule has 1 aliphatic heterocycles. The minimum atomic E-state index is 0.869. The average Bonchev–Trinajstić information content (AvgIpc) is 2.63. The quantitative estimate of drug-likeness (QED) is 0.637. The molecule has 1 aliphatic rings. The lowest BCUT2D eigenvalue weighted by Crippen LogP contribution is -2.26. The van der Waals surface area contributed by atoms with E-state index < -0.39 is 0 Å². The summed E-state index contributed by atoms with van der Waals surface area (Å²) in [6, 6.07) is 0. The van der Waals surface area contributed by atoms with Crippen LogP contribution in [-0.4, -0.2) is 37.8 Å². The van der Waals surface area contributed by atoms with Crippen molar-refractivity contribution in [1.82, 2.24) is 5.32 Å². The summed E-state index contributed by atoms with van der Waals surface area (Å²) in [7, 11) is 0. The Morgan fingerprint density at radius 3 is 3.08 bits per heavy atom. The number of hydrogen-bond donors (Lipinski definition) is 1. The molecule has 1 rings (SSSR count). The van der Waals surface area contributed by atoms with Crippen LogP contribution in [0, 0.1) is 5.92 Å². The van der Waals surface area contributed by atoms with Crippen molar-refractivity contribution >= 4 is 11.8 Å². The minimum Gasteiger partial charge on any atom is -0.380 e. The first-order valence-electron chi connectivity index (χ1n) is 5.29. The van der Waals surface area contributed by atoms with E-state index in [2.05, 4.69) is 24.0 Å². The molecule has 1 atom stereocenters. The summed E-state index contributed by atoms with van der Waals surface area (Å²) in [5.74, 6) is 3.62. The second-order valence-corrected chi connectivity index (χ2v) is 4.70. The van der Waals surface area contributed by atoms with Gasteiger partial charge in [0.05, 0.1) is 6.61 Å². The standard InChI is InChI=1S/C10H21NOS/c1-2-5-12-6-4-11-8-10-3-7-13-9-10/h10-11H,2-9H2,1H3. The monoisotopic (exact) mass is 203 g/mol. The SMILES string of the molecule is CCCOCCNCC1CCSC1. The smallest absolute Gasteiger partial charge is 0.0590 e. The fourth-order valence-corrected chi connectivity index (χ4v) is 2.73. The lowest BCUT2D eigenvalue weighted by Gasteiger charge is -2.09. The van der Waals surface area contributed by atoms with E-state index in [0.29, 0.717) is 0 Å². The third-order valence-electron chi connectivity index (χ3n) is 2.23. The first-order chi connectivity index (χ1) is 6.43. The molecule has 0 amide bonds. The van der Waals surface area contributed by atoms with Gasteiger partial charge in [-0.3, -0.25) is 0 Å². The Labute approximate surface area is 85.8 Å². The van der Waals surface area contributed by atoms with Crippen LogP contribution in [0.4, 0.5) is 0 Å². The van der Waals surface area contributed by atoms with Gasteiger partial charge in [0.1, 0.15) is 0 Å². The predicted octanol–water partition coefficient (Wildman–Crippen LogP) is 1.76. The average molecular weight is 203 g/mol. The Balaban J connectivity index is 1.78. The van der Waals surface area contributed by atoms with E-state index in [4.69, 9.17) is 4.74 Å². The molecule has 3 heteroatoms.